The largest absolute Gasteiger partial charge is 0.435 e. The van der Waals surface area contributed by atoms with Crippen LogP contribution in [0, 0.1) is 0 Å². The van der Waals surface area contributed by atoms with Gasteiger partial charge in [-0.05, 0) is 48.0 Å². The Hall–Kier alpha value is -4.13. The Balaban J connectivity index is 1.81. The monoisotopic (exact) mass is 502 g/mol. The molecule has 13 heteroatoms. The Labute approximate surface area is 197 Å². The molecule has 0 atom stereocenters. The van der Waals surface area contributed by atoms with Crippen LogP contribution in [-0.2, 0) is 22.6 Å². The summed E-state index contributed by atoms with van der Waals surface area (Å²) in [4.78, 5) is 22.6. The number of benzene rings is 1. The Morgan fingerprint density at radius 1 is 1.06 bits per heavy atom. The van der Waals surface area contributed by atoms with Crippen LogP contribution < -0.4 is 10.6 Å². The van der Waals surface area contributed by atoms with Crippen molar-refractivity contribution in [1.29, 1.82) is 0 Å². The third kappa shape index (κ3) is 5.19. The molecular weight excluding hydrogens is 485 g/mol. The fourth-order valence-electron chi connectivity index (χ4n) is 3.34. The van der Waals surface area contributed by atoms with Crippen molar-refractivity contribution < 1.29 is 26.4 Å². The number of aromatic nitrogens is 4. The molecule has 0 saturated heterocycles. The number of carbonyl (C=O) groups excluding carboxylic acids is 1. The summed E-state index contributed by atoms with van der Waals surface area (Å²) in [5.74, 6) is -0.584. The van der Waals surface area contributed by atoms with Crippen molar-refractivity contribution >= 4 is 38.2 Å². The van der Waals surface area contributed by atoms with Gasteiger partial charge in [0.25, 0.3) is 5.91 Å². The highest BCUT2D eigenvalue weighted by molar-refractivity contribution is 7.90. The highest BCUT2D eigenvalue weighted by Gasteiger charge is 2.34. The normalized spacial score (nSPS) is 12.0. The molecule has 180 valence electrons. The zero-order chi connectivity index (χ0) is 25.4. The van der Waals surface area contributed by atoms with Gasteiger partial charge in [-0.15, -0.1) is 10.2 Å². The molecule has 0 bridgehead atoms. The lowest BCUT2D eigenvalue weighted by Crippen LogP contribution is -2.33. The van der Waals surface area contributed by atoms with Crippen LogP contribution in [0.2, 0.25) is 0 Å². The molecule has 4 rings (SSSR count). The third-order valence-corrected chi connectivity index (χ3v) is 5.95. The number of pyridine rings is 2. The number of halogens is 3. The summed E-state index contributed by atoms with van der Waals surface area (Å²) in [6.45, 7) is -0.165. The highest BCUT2D eigenvalue weighted by Crippen LogP contribution is 2.29. The van der Waals surface area contributed by atoms with Gasteiger partial charge in [-0.3, -0.25) is 9.69 Å². The maximum Gasteiger partial charge on any atom is 0.435 e. The number of carbonyl (C=O) groups is 1. The molecule has 0 spiro atoms. The lowest BCUT2D eigenvalue weighted by Gasteiger charge is -2.24. The molecule has 0 fully saturated rings. The summed E-state index contributed by atoms with van der Waals surface area (Å²) in [7, 11) is -3.87. The summed E-state index contributed by atoms with van der Waals surface area (Å²) >= 11 is 0. The lowest BCUT2D eigenvalue weighted by molar-refractivity contribution is -0.141. The molecule has 1 amide bonds. The fraction of sp³-hybridized carbons (Fsp3) is 0.136. The first-order chi connectivity index (χ1) is 16.4. The number of hydrogen-bond acceptors (Lipinski definition) is 8. The summed E-state index contributed by atoms with van der Waals surface area (Å²) < 4.78 is 63.4. The van der Waals surface area contributed by atoms with Crippen molar-refractivity contribution in [3.05, 3.63) is 77.7 Å². The molecule has 0 saturated carbocycles. The molecule has 9 nitrogen and oxygen atoms in total. The number of rotatable bonds is 5. The van der Waals surface area contributed by atoms with Gasteiger partial charge in [0.05, 0.1) is 17.7 Å². The molecule has 0 unspecified atom stereocenters. The quantitative estimate of drug-likeness (QED) is 0.440. The molecule has 3 aromatic heterocycles. The van der Waals surface area contributed by atoms with Gasteiger partial charge < -0.3 is 5.73 Å². The van der Waals surface area contributed by atoms with Gasteiger partial charge in [0.15, 0.2) is 26.3 Å². The Morgan fingerprint density at radius 2 is 1.80 bits per heavy atom. The second-order valence-electron chi connectivity index (χ2n) is 7.56. The molecule has 0 aliphatic carbocycles. The number of nitrogens with zero attached hydrogens (tertiary/aromatic N) is 5. The van der Waals surface area contributed by atoms with E-state index in [-0.39, 0.29) is 23.1 Å². The molecular formula is C22H17F3N6O3S. The van der Waals surface area contributed by atoms with E-state index in [9.17, 15) is 26.4 Å². The predicted molar refractivity (Wildman–Crippen MR) is 121 cm³/mol. The number of nitrogens with two attached hydrogens (primary N) is 1. The molecule has 0 aliphatic heterocycles. The Bertz CT molecular complexity index is 1530. The van der Waals surface area contributed by atoms with E-state index in [1.54, 1.807) is 30.3 Å². The number of hydrogen-bond donors (Lipinski definition) is 1. The molecule has 35 heavy (non-hydrogen) atoms. The fourth-order valence-corrected chi connectivity index (χ4v) is 4.15. The third-order valence-electron chi connectivity index (χ3n) is 4.93. The summed E-state index contributed by atoms with van der Waals surface area (Å²) in [5, 5.41) is 6.93. The average Bonchev–Trinajstić information content (AvgIpc) is 2.81. The van der Waals surface area contributed by atoms with Crippen LogP contribution in [0.1, 0.15) is 21.7 Å². The van der Waals surface area contributed by atoms with Gasteiger partial charge in [-0.1, -0.05) is 12.1 Å². The number of sulfone groups is 1. The first-order valence-corrected chi connectivity index (χ1v) is 11.9. The zero-order valence-electron chi connectivity index (χ0n) is 18.1. The molecule has 1 aromatic carbocycles. The number of alkyl halides is 3. The van der Waals surface area contributed by atoms with Crippen molar-refractivity contribution in [2.24, 2.45) is 0 Å². The minimum absolute atomic E-state index is 0.0673. The first-order valence-electron chi connectivity index (χ1n) is 9.96. The van der Waals surface area contributed by atoms with E-state index < -0.39 is 33.3 Å². The first kappa shape index (κ1) is 24.0. The maximum absolute atomic E-state index is 13.4. The van der Waals surface area contributed by atoms with Crippen molar-refractivity contribution in [2.75, 3.05) is 16.9 Å². The van der Waals surface area contributed by atoms with Crippen LogP contribution in [0.5, 0.6) is 0 Å². The van der Waals surface area contributed by atoms with E-state index in [0.29, 0.717) is 17.1 Å². The lowest BCUT2D eigenvalue weighted by atomic mass is 10.1. The summed E-state index contributed by atoms with van der Waals surface area (Å²) in [6, 6.07) is 12.8. The van der Waals surface area contributed by atoms with Crippen LogP contribution in [0.4, 0.5) is 24.7 Å². The van der Waals surface area contributed by atoms with Crippen LogP contribution in [0.15, 0.2) is 65.8 Å². The molecule has 0 aliphatic rings. The zero-order valence-corrected chi connectivity index (χ0v) is 18.9. The summed E-state index contributed by atoms with van der Waals surface area (Å²) in [6.07, 6.45) is -2.55. The van der Waals surface area contributed by atoms with Crippen molar-refractivity contribution in [3.63, 3.8) is 0 Å². The maximum atomic E-state index is 13.4. The smallest absolute Gasteiger partial charge is 0.384 e. The average molecular weight is 502 g/mol. The van der Waals surface area contributed by atoms with Gasteiger partial charge in [0.2, 0.25) is 0 Å². The van der Waals surface area contributed by atoms with Crippen molar-refractivity contribution in [1.82, 2.24) is 20.2 Å². The minimum Gasteiger partial charge on any atom is -0.384 e. The number of amides is 1. The Morgan fingerprint density at radius 3 is 2.46 bits per heavy atom. The van der Waals surface area contributed by atoms with Gasteiger partial charge >= 0.3 is 6.18 Å². The van der Waals surface area contributed by atoms with Crippen LogP contribution >= 0.6 is 0 Å². The van der Waals surface area contributed by atoms with E-state index >= 15 is 0 Å². The standard InChI is InChI=1S/C22H17F3N6O3S/c1-35(33,34)20-17(3-2-10-27-20)31(21(32)15-7-8-18(30-29-15)22(23,24)25)12-13-4-5-14-6-9-19(26)28-16(14)11-13/h2-11H,12H2,1H3,(H2,26,28). The van der Waals surface area contributed by atoms with Gasteiger partial charge in [-0.2, -0.15) is 13.2 Å². The van der Waals surface area contributed by atoms with Crippen molar-refractivity contribution in [2.45, 2.75) is 17.7 Å². The van der Waals surface area contributed by atoms with Gasteiger partial charge in [0.1, 0.15) is 5.82 Å². The molecule has 3 heterocycles. The predicted octanol–water partition coefficient (Wildman–Crippen LogP) is 3.27. The molecule has 4 aromatic rings. The number of fused-ring (bicyclic) bond motifs is 1. The second-order valence-corrected chi connectivity index (χ2v) is 9.49. The molecule has 0 radical (unpaired) electrons. The topological polar surface area (TPSA) is 132 Å². The second kappa shape index (κ2) is 8.91. The minimum atomic E-state index is -4.74. The van der Waals surface area contributed by atoms with Gasteiger partial charge in [0, 0.05) is 17.8 Å². The van der Waals surface area contributed by atoms with Crippen molar-refractivity contribution in [3.8, 4) is 0 Å². The SMILES string of the molecule is CS(=O)(=O)c1ncccc1N(Cc1ccc2ccc(N)nc2c1)C(=O)c1ccc(C(F)(F)F)nn1. The highest BCUT2D eigenvalue weighted by atomic mass is 32.2. The van der Waals surface area contributed by atoms with Crippen LogP contribution in [0.25, 0.3) is 10.9 Å². The van der Waals surface area contributed by atoms with E-state index in [1.807, 2.05) is 0 Å². The van der Waals surface area contributed by atoms with E-state index in [1.165, 1.54) is 18.3 Å². The number of nitrogen functional groups attached to an aromatic ring is 1. The summed E-state index contributed by atoms with van der Waals surface area (Å²) in [5.41, 5.74) is 5.10. The van der Waals surface area contributed by atoms with Crippen LogP contribution in [-0.4, -0.2) is 40.7 Å². The van der Waals surface area contributed by atoms with Gasteiger partial charge in [-0.25, -0.2) is 18.4 Å². The number of anilines is 2. The van der Waals surface area contributed by atoms with E-state index in [4.69, 9.17) is 5.73 Å². The molecule has 2 N–H and O–H groups in total. The Kier molecular flexibility index (Phi) is 6.11. The van der Waals surface area contributed by atoms with Crippen LogP contribution in [0.3, 0.4) is 0 Å². The van der Waals surface area contributed by atoms with E-state index in [2.05, 4.69) is 20.2 Å². The van der Waals surface area contributed by atoms with E-state index in [0.717, 1.165) is 22.6 Å².